The van der Waals surface area contributed by atoms with Crippen LogP contribution >= 0.6 is 11.6 Å². The molecule has 2 atom stereocenters. The number of nitrogens with zero attached hydrogens (tertiary/aromatic N) is 2. The Morgan fingerprint density at radius 1 is 1.29 bits per heavy atom. The summed E-state index contributed by atoms with van der Waals surface area (Å²) in [6.45, 7) is 3.61. The number of aryl methyl sites for hydroxylation is 1. The van der Waals surface area contributed by atoms with Crippen molar-refractivity contribution >= 4 is 17.5 Å². The van der Waals surface area contributed by atoms with Crippen LogP contribution in [0.5, 0.6) is 0 Å². The molecule has 2 unspecified atom stereocenters. The Bertz CT molecular complexity index is 759. The van der Waals surface area contributed by atoms with Crippen LogP contribution in [0.3, 0.4) is 0 Å². The van der Waals surface area contributed by atoms with Gasteiger partial charge in [-0.1, -0.05) is 35.0 Å². The molecule has 2 aliphatic heterocycles. The predicted molar refractivity (Wildman–Crippen MR) is 92.2 cm³/mol. The van der Waals surface area contributed by atoms with Crippen molar-refractivity contribution in [3.8, 4) is 11.3 Å². The van der Waals surface area contributed by atoms with Gasteiger partial charge in [0.25, 0.3) is 5.91 Å². The summed E-state index contributed by atoms with van der Waals surface area (Å²) in [6, 6.07) is 7.97. The first-order valence-corrected chi connectivity index (χ1v) is 8.79. The zero-order valence-electron chi connectivity index (χ0n) is 13.6. The zero-order valence-corrected chi connectivity index (χ0v) is 14.3. The van der Waals surface area contributed by atoms with Crippen molar-refractivity contribution in [3.05, 3.63) is 40.6 Å². The average Bonchev–Trinajstić information content (AvgIpc) is 3.06. The van der Waals surface area contributed by atoms with Crippen molar-refractivity contribution in [2.75, 3.05) is 13.1 Å². The van der Waals surface area contributed by atoms with Crippen LogP contribution in [0.15, 0.2) is 28.8 Å². The summed E-state index contributed by atoms with van der Waals surface area (Å²) in [5.74, 6) is 0.561. The lowest BCUT2D eigenvalue weighted by atomic mass is 10.0. The van der Waals surface area contributed by atoms with E-state index < -0.39 is 0 Å². The quantitative estimate of drug-likeness (QED) is 0.907. The van der Waals surface area contributed by atoms with Crippen LogP contribution in [-0.4, -0.2) is 41.1 Å². The molecule has 1 N–H and O–H groups in total. The third-order valence-electron chi connectivity index (χ3n) is 5.09. The Balaban J connectivity index is 1.76. The Kier molecular flexibility index (Phi) is 4.06. The van der Waals surface area contributed by atoms with E-state index in [0.717, 1.165) is 37.9 Å². The SMILES string of the molecule is Cc1onc(-c2ccccc2Cl)c1C(=O)N1C2CCNCC1CC2. The average molecular weight is 346 g/mol. The molecule has 1 aromatic heterocycles. The number of hydrogen-bond acceptors (Lipinski definition) is 4. The van der Waals surface area contributed by atoms with Gasteiger partial charge >= 0.3 is 0 Å². The van der Waals surface area contributed by atoms with E-state index in [4.69, 9.17) is 16.1 Å². The molecular formula is C18H20ClN3O2. The number of benzene rings is 1. The molecule has 6 heteroatoms. The van der Waals surface area contributed by atoms with Crippen LogP contribution in [0.1, 0.15) is 35.4 Å². The summed E-state index contributed by atoms with van der Waals surface area (Å²) in [7, 11) is 0. The molecule has 2 aromatic rings. The first-order chi connectivity index (χ1) is 11.7. The highest BCUT2D eigenvalue weighted by atomic mass is 35.5. The number of hydrogen-bond donors (Lipinski definition) is 1. The second kappa shape index (κ2) is 6.22. The van der Waals surface area contributed by atoms with E-state index in [0.29, 0.717) is 28.1 Å². The zero-order chi connectivity index (χ0) is 16.7. The van der Waals surface area contributed by atoms with Gasteiger partial charge in [0.1, 0.15) is 17.0 Å². The van der Waals surface area contributed by atoms with Gasteiger partial charge in [0, 0.05) is 24.2 Å². The van der Waals surface area contributed by atoms with Gasteiger partial charge in [0.2, 0.25) is 0 Å². The number of amides is 1. The fourth-order valence-electron chi connectivity index (χ4n) is 3.90. The van der Waals surface area contributed by atoms with Crippen molar-refractivity contribution in [1.82, 2.24) is 15.4 Å². The minimum absolute atomic E-state index is 0.0138. The van der Waals surface area contributed by atoms with Gasteiger partial charge < -0.3 is 14.7 Å². The van der Waals surface area contributed by atoms with Crippen molar-refractivity contribution in [1.29, 1.82) is 0 Å². The monoisotopic (exact) mass is 345 g/mol. The fourth-order valence-corrected chi connectivity index (χ4v) is 4.13. The van der Waals surface area contributed by atoms with Crippen LogP contribution in [-0.2, 0) is 0 Å². The smallest absolute Gasteiger partial charge is 0.260 e. The van der Waals surface area contributed by atoms with Gasteiger partial charge in [-0.15, -0.1) is 0 Å². The van der Waals surface area contributed by atoms with E-state index >= 15 is 0 Å². The molecule has 0 spiro atoms. The molecular weight excluding hydrogens is 326 g/mol. The third-order valence-corrected chi connectivity index (χ3v) is 5.42. The lowest BCUT2D eigenvalue weighted by Crippen LogP contribution is -2.42. The maximum Gasteiger partial charge on any atom is 0.260 e. The highest BCUT2D eigenvalue weighted by molar-refractivity contribution is 6.33. The summed E-state index contributed by atoms with van der Waals surface area (Å²) in [4.78, 5) is 15.4. The number of rotatable bonds is 2. The number of fused-ring (bicyclic) bond motifs is 2. The molecule has 0 saturated carbocycles. The van der Waals surface area contributed by atoms with Crippen molar-refractivity contribution < 1.29 is 9.32 Å². The molecule has 3 heterocycles. The summed E-state index contributed by atoms with van der Waals surface area (Å²) in [5, 5.41) is 8.13. The van der Waals surface area contributed by atoms with E-state index in [1.807, 2.05) is 23.1 Å². The van der Waals surface area contributed by atoms with Crippen molar-refractivity contribution in [2.45, 2.75) is 38.3 Å². The summed E-state index contributed by atoms with van der Waals surface area (Å²) in [5.41, 5.74) is 1.82. The predicted octanol–water partition coefficient (Wildman–Crippen LogP) is 3.27. The van der Waals surface area contributed by atoms with Gasteiger partial charge in [0.15, 0.2) is 0 Å². The van der Waals surface area contributed by atoms with Crippen LogP contribution < -0.4 is 5.32 Å². The molecule has 1 amide bonds. The Morgan fingerprint density at radius 2 is 2.08 bits per heavy atom. The highest BCUT2D eigenvalue weighted by Gasteiger charge is 2.40. The lowest BCUT2D eigenvalue weighted by Gasteiger charge is -2.28. The Morgan fingerprint density at radius 3 is 2.92 bits per heavy atom. The summed E-state index contributed by atoms with van der Waals surface area (Å²) >= 11 is 6.31. The summed E-state index contributed by atoms with van der Waals surface area (Å²) in [6.07, 6.45) is 3.12. The standard InChI is InChI=1S/C18H20ClN3O2/c1-11-16(17(21-24-11)14-4-2-3-5-15(14)19)18(23)22-12-6-7-13(22)10-20-9-8-12/h2-5,12-13,20H,6-10H2,1H3. The van der Waals surface area contributed by atoms with Gasteiger partial charge in [-0.3, -0.25) is 4.79 Å². The van der Waals surface area contributed by atoms with Gasteiger partial charge in [-0.2, -0.15) is 0 Å². The van der Waals surface area contributed by atoms with E-state index in [2.05, 4.69) is 10.5 Å². The molecule has 0 aliphatic carbocycles. The van der Waals surface area contributed by atoms with Crippen molar-refractivity contribution in [2.24, 2.45) is 0 Å². The fraction of sp³-hybridized carbons (Fsp3) is 0.444. The minimum Gasteiger partial charge on any atom is -0.360 e. The van der Waals surface area contributed by atoms with E-state index in [-0.39, 0.29) is 11.9 Å². The van der Waals surface area contributed by atoms with Crippen molar-refractivity contribution in [3.63, 3.8) is 0 Å². The molecule has 5 nitrogen and oxygen atoms in total. The maximum absolute atomic E-state index is 13.4. The second-order valence-electron chi connectivity index (χ2n) is 6.53. The maximum atomic E-state index is 13.4. The topological polar surface area (TPSA) is 58.4 Å². The lowest BCUT2D eigenvalue weighted by molar-refractivity contribution is 0.0679. The van der Waals surface area contributed by atoms with E-state index in [1.54, 1.807) is 13.0 Å². The van der Waals surface area contributed by atoms with Gasteiger partial charge in [0.05, 0.1) is 5.02 Å². The van der Waals surface area contributed by atoms with Crippen LogP contribution in [0, 0.1) is 6.92 Å². The largest absolute Gasteiger partial charge is 0.360 e. The third kappa shape index (κ3) is 2.52. The molecule has 126 valence electrons. The Hall–Kier alpha value is -1.85. The number of carbonyl (C=O) groups excluding carboxylic acids is 1. The number of aromatic nitrogens is 1. The molecule has 2 aliphatic rings. The molecule has 2 fully saturated rings. The summed E-state index contributed by atoms with van der Waals surface area (Å²) < 4.78 is 5.37. The molecule has 0 radical (unpaired) electrons. The number of nitrogens with one attached hydrogen (secondary N) is 1. The molecule has 24 heavy (non-hydrogen) atoms. The van der Waals surface area contributed by atoms with E-state index in [1.165, 1.54) is 0 Å². The molecule has 4 rings (SSSR count). The highest BCUT2D eigenvalue weighted by Crippen LogP contribution is 2.35. The van der Waals surface area contributed by atoms with Crippen LogP contribution in [0.25, 0.3) is 11.3 Å². The Labute approximate surface area is 146 Å². The van der Waals surface area contributed by atoms with Crippen LogP contribution in [0.2, 0.25) is 5.02 Å². The first-order valence-electron chi connectivity index (χ1n) is 8.41. The van der Waals surface area contributed by atoms with Gasteiger partial charge in [-0.05, 0) is 38.8 Å². The number of carbonyl (C=O) groups is 1. The van der Waals surface area contributed by atoms with Crippen LogP contribution in [0.4, 0.5) is 0 Å². The normalized spacial score (nSPS) is 23.3. The molecule has 1 aromatic carbocycles. The first kappa shape index (κ1) is 15.7. The second-order valence-corrected chi connectivity index (χ2v) is 6.94. The number of halogens is 1. The molecule has 2 saturated heterocycles. The molecule has 2 bridgehead atoms. The van der Waals surface area contributed by atoms with Gasteiger partial charge in [-0.25, -0.2) is 0 Å². The minimum atomic E-state index is 0.0138. The van der Waals surface area contributed by atoms with E-state index in [9.17, 15) is 4.79 Å².